The lowest BCUT2D eigenvalue weighted by atomic mass is 9.68. The van der Waals surface area contributed by atoms with E-state index in [0.29, 0.717) is 34.7 Å². The molecule has 0 amide bonds. The summed E-state index contributed by atoms with van der Waals surface area (Å²) < 4.78 is 25.4. The number of fused-ring (bicyclic) bond motifs is 5. The number of hydrogen-bond acceptors (Lipinski definition) is 7. The summed E-state index contributed by atoms with van der Waals surface area (Å²) in [5.41, 5.74) is 0.273. The summed E-state index contributed by atoms with van der Waals surface area (Å²) in [6, 6.07) is 16.9. The fourth-order valence-electron chi connectivity index (χ4n) is 8.69. The molecule has 43 heavy (non-hydrogen) atoms. The second-order valence-corrected chi connectivity index (χ2v) is 14.7. The Labute approximate surface area is 251 Å². The Morgan fingerprint density at radius 1 is 0.837 bits per heavy atom. The maximum Gasteiger partial charge on any atom is 0.385 e. The fraction of sp³-hybridized carbons (Fsp3) is 0.545. The Kier molecular flexibility index (Phi) is 8.01. The number of benzene rings is 2. The smallest absolute Gasteiger partial charge is 0.385 e. The molecule has 4 fully saturated rings. The number of esters is 1. The van der Waals surface area contributed by atoms with Crippen LogP contribution in [0.3, 0.4) is 0 Å². The van der Waals surface area contributed by atoms with Crippen LogP contribution in [-0.4, -0.2) is 50.2 Å². The second-order valence-electron chi connectivity index (χ2n) is 13.0. The molecule has 3 aromatic rings. The van der Waals surface area contributed by atoms with Gasteiger partial charge in [0, 0.05) is 24.2 Å². The van der Waals surface area contributed by atoms with Crippen LogP contribution >= 0.6 is 7.60 Å². The first-order valence-corrected chi connectivity index (χ1v) is 17.4. The average Bonchev–Trinajstić information content (AvgIpc) is 3.00. The number of piperidine rings is 2. The molecule has 2 saturated heterocycles. The van der Waals surface area contributed by atoms with Crippen LogP contribution < -0.4 is 11.0 Å². The van der Waals surface area contributed by atoms with Gasteiger partial charge in [0.2, 0.25) is 12.2 Å². The van der Waals surface area contributed by atoms with Crippen molar-refractivity contribution in [1.82, 2.24) is 14.5 Å². The van der Waals surface area contributed by atoms with E-state index in [4.69, 9.17) is 9.26 Å². The van der Waals surface area contributed by atoms with Crippen LogP contribution in [0.2, 0.25) is 0 Å². The Morgan fingerprint density at radius 2 is 1.49 bits per heavy atom. The second kappa shape index (κ2) is 11.9. The number of ether oxygens (including phenoxy) is 1. The monoisotopic (exact) mass is 605 g/mol. The van der Waals surface area contributed by atoms with Crippen LogP contribution in [0.1, 0.15) is 87.0 Å². The zero-order chi connectivity index (χ0) is 29.6. The van der Waals surface area contributed by atoms with Crippen LogP contribution in [-0.2, 0) is 13.8 Å². The summed E-state index contributed by atoms with van der Waals surface area (Å²) in [5.74, 6) is 1.02. The van der Waals surface area contributed by atoms with Gasteiger partial charge in [-0.05, 0) is 81.0 Å². The molecule has 1 aromatic heterocycles. The van der Waals surface area contributed by atoms with E-state index in [-0.39, 0.29) is 6.04 Å². The van der Waals surface area contributed by atoms with Crippen LogP contribution in [0.15, 0.2) is 59.4 Å². The number of aromatic nitrogens is 2. The Morgan fingerprint density at radius 3 is 2.21 bits per heavy atom. The Hall–Kier alpha value is -2.84. The minimum Gasteiger partial charge on any atom is -0.434 e. The van der Waals surface area contributed by atoms with Gasteiger partial charge in [-0.15, -0.1) is 0 Å². The van der Waals surface area contributed by atoms with E-state index in [2.05, 4.69) is 9.88 Å². The van der Waals surface area contributed by atoms with E-state index in [1.54, 1.807) is 47.0 Å². The van der Waals surface area contributed by atoms with Crippen LogP contribution in [0.25, 0.3) is 11.0 Å². The summed E-state index contributed by atoms with van der Waals surface area (Å²) in [5, 5.41) is 0. The third-order valence-corrected chi connectivity index (χ3v) is 11.6. The standard InChI is InChI=1S/C33H40N3O6P/c37-32-31(43(39,40)42-21-41-33(38)24-10-2-1-3-11-24)34-29-14-4-5-15-30(29)36(32)28-19-25-12-7-13-26(20-28)35(25)27-17-22-8-6-9-23(16-22)18-27/h1-5,10-11,14-15,22-23,25-28H,6-9,12-13,16-21H2,(H,39,40)/t22-,23+,25-,26+,27+,28+. The van der Waals surface area contributed by atoms with Crippen molar-refractivity contribution in [2.75, 3.05) is 6.79 Å². The van der Waals surface area contributed by atoms with Gasteiger partial charge >= 0.3 is 13.6 Å². The topological polar surface area (TPSA) is 111 Å². The molecule has 4 aliphatic rings. The first kappa shape index (κ1) is 28.9. The third kappa shape index (κ3) is 5.73. The maximum absolute atomic E-state index is 14.0. The molecule has 2 aromatic carbocycles. The summed E-state index contributed by atoms with van der Waals surface area (Å²) in [6.45, 7) is -0.776. The molecule has 7 rings (SSSR count). The molecule has 2 aliphatic heterocycles. The largest absolute Gasteiger partial charge is 0.434 e. The van der Waals surface area contributed by atoms with Gasteiger partial charge in [0.15, 0.2) is 0 Å². The van der Waals surface area contributed by atoms with Crippen LogP contribution in [0.5, 0.6) is 0 Å². The SMILES string of the molecule is O=C(OCOP(=O)(O)c1nc2ccccc2n([C@H]2C[C@H]3CCC[C@@H](C2)N3[C@H]2C[C@@H]3CCC[C@@H](C3)C2)c1=O)c1ccccc1. The quantitative estimate of drug-likeness (QED) is 0.212. The van der Waals surface area contributed by atoms with E-state index in [9.17, 15) is 19.0 Å². The van der Waals surface area contributed by atoms with Gasteiger partial charge in [-0.25, -0.2) is 9.78 Å². The van der Waals surface area contributed by atoms with E-state index >= 15 is 0 Å². The van der Waals surface area contributed by atoms with Crippen LogP contribution in [0.4, 0.5) is 0 Å². The molecule has 9 nitrogen and oxygen atoms in total. The predicted molar refractivity (Wildman–Crippen MR) is 163 cm³/mol. The molecular formula is C33H40N3O6P. The van der Waals surface area contributed by atoms with Crippen molar-refractivity contribution in [3.05, 3.63) is 70.5 Å². The number of nitrogens with zero attached hydrogens (tertiary/aromatic N) is 3. The number of para-hydroxylation sites is 2. The van der Waals surface area contributed by atoms with Crippen molar-refractivity contribution in [2.45, 2.75) is 94.8 Å². The summed E-state index contributed by atoms with van der Waals surface area (Å²) >= 11 is 0. The van der Waals surface area contributed by atoms with E-state index in [1.807, 2.05) is 12.1 Å². The van der Waals surface area contributed by atoms with E-state index < -0.39 is 31.4 Å². The molecule has 4 bridgehead atoms. The molecule has 228 valence electrons. The average molecular weight is 606 g/mol. The highest BCUT2D eigenvalue weighted by atomic mass is 31.2. The highest BCUT2D eigenvalue weighted by Crippen LogP contribution is 2.48. The van der Waals surface area contributed by atoms with Gasteiger partial charge in [0.1, 0.15) is 0 Å². The molecule has 3 heterocycles. The van der Waals surface area contributed by atoms with Gasteiger partial charge in [0.05, 0.1) is 16.6 Å². The van der Waals surface area contributed by atoms with Gasteiger partial charge in [-0.2, -0.15) is 0 Å². The molecule has 0 radical (unpaired) electrons. The zero-order valence-corrected chi connectivity index (χ0v) is 25.3. The lowest BCUT2D eigenvalue weighted by Crippen LogP contribution is -2.59. The molecule has 1 N–H and O–H groups in total. The maximum atomic E-state index is 14.0. The highest BCUT2D eigenvalue weighted by Gasteiger charge is 2.46. The molecule has 2 aliphatic carbocycles. The fourth-order valence-corrected chi connectivity index (χ4v) is 9.60. The first-order valence-electron chi connectivity index (χ1n) is 15.9. The Balaban J connectivity index is 1.15. The molecule has 1 unspecified atom stereocenters. The number of carbonyl (C=O) groups is 1. The Bertz CT molecular complexity index is 1570. The third-order valence-electron chi connectivity index (χ3n) is 10.4. The molecule has 0 spiro atoms. The van der Waals surface area contributed by atoms with E-state index in [0.717, 1.165) is 37.5 Å². The first-order chi connectivity index (χ1) is 20.9. The predicted octanol–water partition coefficient (Wildman–Crippen LogP) is 5.57. The molecule has 7 atom stereocenters. The summed E-state index contributed by atoms with van der Waals surface area (Å²) in [7, 11) is -4.71. The van der Waals surface area contributed by atoms with Gasteiger partial charge in [0.25, 0.3) is 5.56 Å². The van der Waals surface area contributed by atoms with Crippen molar-refractivity contribution in [1.29, 1.82) is 0 Å². The van der Waals surface area contributed by atoms with Crippen molar-refractivity contribution >= 4 is 30.0 Å². The molecular weight excluding hydrogens is 565 g/mol. The lowest BCUT2D eigenvalue weighted by molar-refractivity contribution is -0.0485. The summed E-state index contributed by atoms with van der Waals surface area (Å²) in [6.07, 6.45) is 13.2. The van der Waals surface area contributed by atoms with Crippen molar-refractivity contribution in [3.8, 4) is 0 Å². The van der Waals surface area contributed by atoms with Crippen LogP contribution in [0, 0.1) is 11.8 Å². The lowest BCUT2D eigenvalue weighted by Gasteiger charge is -2.55. The molecule has 2 saturated carbocycles. The van der Waals surface area contributed by atoms with Gasteiger partial charge < -0.3 is 14.2 Å². The number of hydrogen-bond donors (Lipinski definition) is 1. The number of rotatable bonds is 7. The minimum atomic E-state index is -4.71. The van der Waals surface area contributed by atoms with Crippen molar-refractivity contribution < 1.29 is 23.5 Å². The van der Waals surface area contributed by atoms with Gasteiger partial charge in [-0.1, -0.05) is 56.0 Å². The normalized spacial score (nSPS) is 30.4. The zero-order valence-electron chi connectivity index (χ0n) is 24.4. The van der Waals surface area contributed by atoms with Crippen molar-refractivity contribution in [3.63, 3.8) is 0 Å². The molecule has 10 heteroatoms. The highest BCUT2D eigenvalue weighted by molar-refractivity contribution is 7.60. The summed E-state index contributed by atoms with van der Waals surface area (Å²) in [4.78, 5) is 44.5. The number of carbonyl (C=O) groups excluding carboxylic acids is 1. The van der Waals surface area contributed by atoms with Gasteiger partial charge in [-0.3, -0.25) is 18.8 Å². The minimum absolute atomic E-state index is 0.107. The van der Waals surface area contributed by atoms with Crippen molar-refractivity contribution in [2.24, 2.45) is 11.8 Å². The van der Waals surface area contributed by atoms with E-state index in [1.165, 1.54) is 44.9 Å².